The van der Waals surface area contributed by atoms with E-state index in [2.05, 4.69) is 0 Å². The number of rotatable bonds is 6. The number of carboxylic acids is 3. The van der Waals surface area contributed by atoms with E-state index in [4.69, 9.17) is 10.2 Å². The van der Waals surface area contributed by atoms with Crippen LogP contribution in [0.1, 0.15) is 45.6 Å². The highest BCUT2D eigenvalue weighted by Crippen LogP contribution is 2.48. The second-order valence-corrected chi connectivity index (χ2v) is 9.31. The summed E-state index contributed by atoms with van der Waals surface area (Å²) in [7, 11) is 0. The number of benzene rings is 3. The number of aliphatic hydroxyl groups is 1. The van der Waals surface area contributed by atoms with E-state index in [9.17, 15) is 34.2 Å². The minimum absolute atomic E-state index is 0.346. The van der Waals surface area contributed by atoms with Crippen molar-refractivity contribution in [2.24, 2.45) is 0 Å². The highest BCUT2D eigenvalue weighted by Gasteiger charge is 2.51. The van der Waals surface area contributed by atoms with E-state index in [0.717, 1.165) is 24.5 Å². The zero-order valence-corrected chi connectivity index (χ0v) is 21.9. The molecule has 1 fully saturated rings. The third kappa shape index (κ3) is 7.22. The van der Waals surface area contributed by atoms with Crippen molar-refractivity contribution in [1.29, 1.82) is 0 Å². The molecule has 5 rings (SSSR count). The number of aromatic amines is 2. The maximum absolute atomic E-state index is 11.4. The summed E-state index contributed by atoms with van der Waals surface area (Å²) in [6.07, 6.45) is 1.57. The van der Waals surface area contributed by atoms with Gasteiger partial charge in [0.2, 0.25) is 5.60 Å². The molecule has 212 valence electrons. The van der Waals surface area contributed by atoms with Crippen molar-refractivity contribution in [3.63, 3.8) is 0 Å². The number of H-pyrrole nitrogens is 2. The minimum Gasteiger partial charge on any atom is -0.481 e. The molecule has 0 amide bonds. The largest absolute Gasteiger partial charge is 0.481 e. The number of aromatic nitrogens is 2. The van der Waals surface area contributed by atoms with Crippen LogP contribution in [0.25, 0.3) is 0 Å². The fourth-order valence-electron chi connectivity index (χ4n) is 3.98. The quantitative estimate of drug-likeness (QED) is 0.205. The Morgan fingerprint density at radius 2 is 1.24 bits per heavy atom. The molecule has 1 saturated carbocycles. The summed E-state index contributed by atoms with van der Waals surface area (Å²) in [5.41, 5.74) is -1.70. The first-order valence-electron chi connectivity index (χ1n) is 12.3. The van der Waals surface area contributed by atoms with E-state index < -0.39 is 45.9 Å². The van der Waals surface area contributed by atoms with Gasteiger partial charge in [0.1, 0.15) is 5.69 Å². The Morgan fingerprint density at radius 1 is 0.756 bits per heavy atom. The van der Waals surface area contributed by atoms with Gasteiger partial charge in [-0.15, -0.1) is 0 Å². The lowest BCUT2D eigenvalue weighted by Crippen LogP contribution is -2.36. The highest BCUT2D eigenvalue weighted by atomic mass is 16.4. The molecular formula is C30H28N2O9. The molecule has 0 aliphatic heterocycles. The molecule has 0 atom stereocenters. The summed E-state index contributed by atoms with van der Waals surface area (Å²) in [5.74, 6) is -3.31. The predicted octanol–water partition coefficient (Wildman–Crippen LogP) is 2.88. The molecule has 41 heavy (non-hydrogen) atoms. The van der Waals surface area contributed by atoms with Gasteiger partial charge in [-0.05, 0) is 36.5 Å². The van der Waals surface area contributed by atoms with Crippen LogP contribution in [-0.4, -0.2) is 48.3 Å². The summed E-state index contributed by atoms with van der Waals surface area (Å²) in [5, 5.41) is 37.1. The van der Waals surface area contributed by atoms with Crippen LogP contribution in [0.5, 0.6) is 0 Å². The normalized spacial score (nSPS) is 12.9. The molecule has 3 aromatic carbocycles. The standard InChI is InChI=1S/C14H12O3.C11H12O2.C5H4N2O4/c15-13(16)14(17,11-7-3-1-4-8-11)12-9-5-2-6-10-12;1-8-2-4-9(5-3-8)11(6-7-11)10(12)13;8-3-1-2(4(9)10)6-5(11)7-3/h1-10,17H,(H,15,16);2-5H,6-7H2,1H3,(H,12,13);1H,(H,9,10)(H2,6,7,8,11). The van der Waals surface area contributed by atoms with Crippen molar-refractivity contribution in [3.8, 4) is 0 Å². The molecule has 6 N–H and O–H groups in total. The maximum atomic E-state index is 11.4. The first-order chi connectivity index (χ1) is 19.4. The summed E-state index contributed by atoms with van der Waals surface area (Å²) < 4.78 is 0. The van der Waals surface area contributed by atoms with Crippen molar-refractivity contribution in [1.82, 2.24) is 9.97 Å². The van der Waals surface area contributed by atoms with E-state index >= 15 is 0 Å². The second-order valence-electron chi connectivity index (χ2n) is 9.31. The molecule has 0 bridgehead atoms. The third-order valence-electron chi connectivity index (χ3n) is 6.45. The van der Waals surface area contributed by atoms with Crippen molar-refractivity contribution in [2.45, 2.75) is 30.8 Å². The van der Waals surface area contributed by atoms with Crippen molar-refractivity contribution >= 4 is 17.9 Å². The molecule has 1 heterocycles. The van der Waals surface area contributed by atoms with Crippen LogP contribution in [0.2, 0.25) is 0 Å². The van der Waals surface area contributed by atoms with Gasteiger partial charge in [0, 0.05) is 6.07 Å². The maximum Gasteiger partial charge on any atom is 0.352 e. The van der Waals surface area contributed by atoms with Gasteiger partial charge in [-0.25, -0.2) is 14.4 Å². The summed E-state index contributed by atoms with van der Waals surface area (Å²) >= 11 is 0. The van der Waals surface area contributed by atoms with Crippen LogP contribution in [-0.2, 0) is 20.6 Å². The van der Waals surface area contributed by atoms with E-state index in [1.54, 1.807) is 60.7 Å². The van der Waals surface area contributed by atoms with Gasteiger partial charge in [-0.2, -0.15) is 0 Å². The van der Waals surface area contributed by atoms with E-state index in [-0.39, 0.29) is 0 Å². The molecule has 0 radical (unpaired) electrons. The van der Waals surface area contributed by atoms with E-state index in [1.807, 2.05) is 41.2 Å². The SMILES string of the molecule is Cc1ccc(C2(C(=O)O)CC2)cc1.O=C(O)C(O)(c1ccccc1)c1ccccc1.O=C(O)c1cc(=O)[nH]c(=O)[nH]1. The van der Waals surface area contributed by atoms with Crippen LogP contribution < -0.4 is 11.2 Å². The second kappa shape index (κ2) is 12.7. The topological polar surface area (TPSA) is 198 Å². The molecule has 0 saturated heterocycles. The highest BCUT2D eigenvalue weighted by molar-refractivity contribution is 5.85. The molecule has 4 aromatic rings. The van der Waals surface area contributed by atoms with Crippen molar-refractivity contribution in [3.05, 3.63) is 140 Å². The molecule has 0 spiro atoms. The summed E-state index contributed by atoms with van der Waals surface area (Å²) in [6.45, 7) is 2.00. The smallest absolute Gasteiger partial charge is 0.352 e. The van der Waals surface area contributed by atoms with Gasteiger partial charge >= 0.3 is 23.6 Å². The Balaban J connectivity index is 0.000000174. The minimum atomic E-state index is -2.00. The summed E-state index contributed by atoms with van der Waals surface area (Å²) in [4.78, 5) is 57.2. The lowest BCUT2D eigenvalue weighted by molar-refractivity contribution is -0.155. The molecule has 1 aromatic heterocycles. The van der Waals surface area contributed by atoms with Gasteiger partial charge in [-0.3, -0.25) is 14.6 Å². The molecule has 11 heteroatoms. The Bertz CT molecular complexity index is 1550. The Labute approximate surface area is 233 Å². The van der Waals surface area contributed by atoms with E-state index in [1.165, 1.54) is 5.56 Å². The Hall–Kier alpha value is -5.29. The lowest BCUT2D eigenvalue weighted by Gasteiger charge is -2.24. The number of nitrogens with one attached hydrogen (secondary N) is 2. The van der Waals surface area contributed by atoms with Crippen LogP contribution >= 0.6 is 0 Å². The molecule has 0 unspecified atom stereocenters. The predicted molar refractivity (Wildman–Crippen MR) is 148 cm³/mol. The zero-order valence-electron chi connectivity index (χ0n) is 21.9. The number of hydrogen-bond donors (Lipinski definition) is 6. The van der Waals surface area contributed by atoms with Gasteiger partial charge < -0.3 is 25.4 Å². The van der Waals surface area contributed by atoms with Crippen molar-refractivity contribution in [2.75, 3.05) is 0 Å². The number of aryl methyl sites for hydroxylation is 1. The van der Waals surface area contributed by atoms with Gasteiger partial charge in [0.25, 0.3) is 5.56 Å². The number of carboxylic acid groups (broad SMARTS) is 3. The zero-order chi connectivity index (χ0) is 30.2. The Morgan fingerprint density at radius 3 is 1.61 bits per heavy atom. The molecule has 11 nitrogen and oxygen atoms in total. The fourth-order valence-corrected chi connectivity index (χ4v) is 3.98. The molecular weight excluding hydrogens is 532 g/mol. The Kier molecular flexibility index (Phi) is 9.38. The molecule has 1 aliphatic carbocycles. The average Bonchev–Trinajstić information content (AvgIpc) is 3.76. The fraction of sp³-hybridized carbons (Fsp3) is 0.167. The first-order valence-corrected chi connectivity index (χ1v) is 12.3. The average molecular weight is 561 g/mol. The van der Waals surface area contributed by atoms with Crippen LogP contribution in [0.15, 0.2) is 101 Å². The number of aliphatic carboxylic acids is 2. The van der Waals surface area contributed by atoms with Crippen LogP contribution in [0.3, 0.4) is 0 Å². The number of carbonyl (C=O) groups is 3. The lowest BCUT2D eigenvalue weighted by atomic mass is 9.86. The van der Waals surface area contributed by atoms with Crippen LogP contribution in [0.4, 0.5) is 0 Å². The monoisotopic (exact) mass is 560 g/mol. The van der Waals surface area contributed by atoms with Crippen molar-refractivity contribution < 1.29 is 34.8 Å². The van der Waals surface area contributed by atoms with Gasteiger partial charge in [-0.1, -0.05) is 90.5 Å². The first kappa shape index (κ1) is 30.3. The molecule has 1 aliphatic rings. The van der Waals surface area contributed by atoms with Crippen LogP contribution in [0, 0.1) is 6.92 Å². The number of hydrogen-bond acceptors (Lipinski definition) is 6. The number of aromatic carboxylic acids is 1. The third-order valence-corrected chi connectivity index (χ3v) is 6.45. The van der Waals surface area contributed by atoms with Gasteiger partial charge in [0.15, 0.2) is 0 Å². The van der Waals surface area contributed by atoms with Gasteiger partial charge in [0.05, 0.1) is 5.41 Å². The van der Waals surface area contributed by atoms with E-state index in [0.29, 0.717) is 11.1 Å². The summed E-state index contributed by atoms with van der Waals surface area (Å²) in [6, 6.07) is 25.3.